The fourth-order valence-electron chi connectivity index (χ4n) is 13.6. The largest absolute Gasteiger partial charge is 0.462 e. The maximum absolute atomic E-state index is 12.7. The van der Waals surface area contributed by atoms with Crippen molar-refractivity contribution in [1.82, 2.24) is 0 Å². The highest BCUT2D eigenvalue weighted by atomic mass is 16.5. The maximum Gasteiger partial charge on any atom is 0.319 e. The second-order valence-corrected chi connectivity index (χ2v) is 17.7. The lowest BCUT2D eigenvalue weighted by atomic mass is 9.36. The van der Waals surface area contributed by atoms with Gasteiger partial charge in [0.15, 0.2) is 0 Å². The number of rotatable bonds is 5. The quantitative estimate of drug-likeness (QED) is 0.188. The van der Waals surface area contributed by atoms with Crippen LogP contribution in [-0.4, -0.2) is 24.6 Å². The van der Waals surface area contributed by atoms with E-state index in [1.807, 2.05) is 13.8 Å². The van der Waals surface area contributed by atoms with Crippen molar-refractivity contribution in [3.05, 3.63) is 23.3 Å². The van der Waals surface area contributed by atoms with Crippen molar-refractivity contribution in [2.75, 3.05) is 0 Å². The lowest BCUT2D eigenvalue weighted by Crippen LogP contribution is -2.61. The van der Waals surface area contributed by atoms with Crippen molar-refractivity contribution in [3.8, 4) is 0 Å². The number of allylic oxidation sites excluding steroid dienone is 4. The third-order valence-electron chi connectivity index (χ3n) is 15.1. The second kappa shape index (κ2) is 9.16. The summed E-state index contributed by atoms with van der Waals surface area (Å²) in [7, 11) is 0. The Bertz CT molecular complexity index is 1250. The number of esters is 1. The van der Waals surface area contributed by atoms with Crippen molar-refractivity contribution in [2.45, 2.75) is 131 Å². The summed E-state index contributed by atoms with van der Waals surface area (Å²) >= 11 is 0. The molecule has 5 fully saturated rings. The molecule has 230 valence electrons. The molecule has 1 spiro atoms. The van der Waals surface area contributed by atoms with Gasteiger partial charge in [-0.1, -0.05) is 46.3 Å². The molecule has 0 radical (unpaired) electrons. The average Bonchev–Trinajstić information content (AvgIpc) is 3.33. The molecule has 7 aliphatic rings. The number of hydrogen-bond acceptors (Lipinski definition) is 4. The van der Waals surface area contributed by atoms with E-state index in [-0.39, 0.29) is 28.3 Å². The predicted molar refractivity (Wildman–Crippen MR) is 164 cm³/mol. The first-order chi connectivity index (χ1) is 19.8. The van der Waals surface area contributed by atoms with E-state index in [0.29, 0.717) is 35.5 Å². The van der Waals surface area contributed by atoms with Crippen molar-refractivity contribution in [2.24, 2.45) is 62.1 Å². The molecule has 4 nitrogen and oxygen atoms in total. The van der Waals surface area contributed by atoms with E-state index in [2.05, 4.69) is 39.8 Å². The lowest BCUT2D eigenvalue weighted by molar-refractivity contribution is -0.180. The van der Waals surface area contributed by atoms with Gasteiger partial charge in [0.25, 0.3) is 0 Å². The smallest absolute Gasteiger partial charge is 0.319 e. The van der Waals surface area contributed by atoms with E-state index in [1.165, 1.54) is 63.2 Å². The van der Waals surface area contributed by atoms with E-state index in [9.17, 15) is 14.4 Å². The zero-order valence-corrected chi connectivity index (χ0v) is 27.1. The second-order valence-electron chi connectivity index (χ2n) is 17.7. The van der Waals surface area contributed by atoms with Gasteiger partial charge in [-0.15, -0.1) is 0 Å². The van der Waals surface area contributed by atoms with Crippen LogP contribution in [0, 0.1) is 62.1 Å². The Hall–Kier alpha value is -1.71. The van der Waals surface area contributed by atoms with Crippen LogP contribution in [0.4, 0.5) is 0 Å². The number of ether oxygens (including phenoxy) is 1. The molecular weight excluding hydrogens is 520 g/mol. The van der Waals surface area contributed by atoms with Crippen LogP contribution in [0.25, 0.3) is 0 Å². The summed E-state index contributed by atoms with van der Waals surface area (Å²) in [4.78, 5) is 37.1. The fraction of sp³-hybridized carbons (Fsp3) is 0.816. The van der Waals surface area contributed by atoms with E-state index in [0.717, 1.165) is 43.3 Å². The molecule has 8 atom stereocenters. The zero-order chi connectivity index (χ0) is 29.9. The number of hydrogen-bond donors (Lipinski definition) is 0. The van der Waals surface area contributed by atoms with Gasteiger partial charge in [0, 0.05) is 5.41 Å². The van der Waals surface area contributed by atoms with Gasteiger partial charge in [-0.25, -0.2) is 0 Å². The molecule has 4 heteroatoms. The Morgan fingerprint density at radius 2 is 1.62 bits per heavy atom. The monoisotopic (exact) mass is 574 g/mol. The van der Waals surface area contributed by atoms with Crippen molar-refractivity contribution >= 4 is 18.5 Å². The third-order valence-corrected chi connectivity index (χ3v) is 15.1. The minimum atomic E-state index is -0.947. The van der Waals surface area contributed by atoms with Crippen LogP contribution in [0.15, 0.2) is 23.3 Å². The van der Waals surface area contributed by atoms with Gasteiger partial charge in [0.1, 0.15) is 18.0 Å². The van der Waals surface area contributed by atoms with Crippen LogP contribution in [0.2, 0.25) is 0 Å². The molecule has 7 unspecified atom stereocenters. The number of carbonyl (C=O) groups is 3. The van der Waals surface area contributed by atoms with Gasteiger partial charge in [0.05, 0.1) is 6.10 Å². The van der Waals surface area contributed by atoms with Crippen LogP contribution >= 0.6 is 0 Å². The molecule has 42 heavy (non-hydrogen) atoms. The number of fused-ring (bicyclic) bond motifs is 7. The van der Waals surface area contributed by atoms with E-state index in [4.69, 9.17) is 4.74 Å². The van der Waals surface area contributed by atoms with Gasteiger partial charge in [-0.3, -0.25) is 4.79 Å². The van der Waals surface area contributed by atoms with Gasteiger partial charge in [0.2, 0.25) is 0 Å². The highest BCUT2D eigenvalue weighted by Gasteiger charge is 2.67. The van der Waals surface area contributed by atoms with Crippen molar-refractivity contribution in [3.63, 3.8) is 0 Å². The number of aldehydes is 2. The number of carbonyl (C=O) groups excluding carboxylic acids is 3. The third kappa shape index (κ3) is 3.68. The first-order valence-corrected chi connectivity index (χ1v) is 17.3. The Labute approximate surface area is 253 Å². The molecule has 5 saturated carbocycles. The van der Waals surface area contributed by atoms with Crippen LogP contribution < -0.4 is 0 Å². The SMILES string of the molecule is CC(C)OC(=O)C1(C=O)CC2(C=C(C3=CCC4(C)C(CCC5(C)C6CCC7(C=O)CCC[C@@H]7C6CCC54)C3(C)C)C2)C1. The Balaban J connectivity index is 1.11. The molecular formula is C38H54O4. The molecule has 7 aliphatic carbocycles. The summed E-state index contributed by atoms with van der Waals surface area (Å²) in [6, 6.07) is 0. The maximum atomic E-state index is 12.7. The molecule has 0 aliphatic heterocycles. The van der Waals surface area contributed by atoms with Crippen LogP contribution in [0.1, 0.15) is 125 Å². The minimum absolute atomic E-state index is 0.00432. The molecule has 0 N–H and O–H groups in total. The van der Waals surface area contributed by atoms with E-state index < -0.39 is 5.41 Å². The predicted octanol–water partition coefficient (Wildman–Crippen LogP) is 8.43. The van der Waals surface area contributed by atoms with Gasteiger partial charge >= 0.3 is 5.97 Å². The Kier molecular flexibility index (Phi) is 6.33. The summed E-state index contributed by atoms with van der Waals surface area (Å²) < 4.78 is 5.45. The Morgan fingerprint density at radius 3 is 2.29 bits per heavy atom. The summed E-state index contributed by atoms with van der Waals surface area (Å²) in [5.74, 6) is 3.26. The summed E-state index contributed by atoms with van der Waals surface area (Å²) in [6.45, 7) is 14.0. The van der Waals surface area contributed by atoms with Crippen LogP contribution in [0.5, 0.6) is 0 Å². The van der Waals surface area contributed by atoms with E-state index >= 15 is 0 Å². The highest BCUT2D eigenvalue weighted by molar-refractivity contribution is 5.95. The Morgan fingerprint density at radius 1 is 0.881 bits per heavy atom. The average molecular weight is 575 g/mol. The molecule has 0 heterocycles. The van der Waals surface area contributed by atoms with Gasteiger partial charge in [-0.05, 0) is 153 Å². The molecule has 7 rings (SSSR count). The first-order valence-electron chi connectivity index (χ1n) is 17.3. The molecule has 0 aromatic heterocycles. The van der Waals surface area contributed by atoms with E-state index in [1.54, 1.807) is 5.57 Å². The summed E-state index contributed by atoms with van der Waals surface area (Å²) in [5.41, 5.74) is 2.88. The molecule has 0 saturated heterocycles. The van der Waals surface area contributed by atoms with Crippen LogP contribution in [0.3, 0.4) is 0 Å². The normalized spacial score (nSPS) is 50.1. The lowest BCUT2D eigenvalue weighted by Gasteiger charge is -2.68. The van der Waals surface area contributed by atoms with Crippen molar-refractivity contribution < 1.29 is 19.1 Å². The van der Waals surface area contributed by atoms with Crippen LogP contribution in [-0.2, 0) is 19.1 Å². The molecule has 0 amide bonds. The highest BCUT2D eigenvalue weighted by Crippen LogP contribution is 2.74. The molecule has 0 aromatic rings. The van der Waals surface area contributed by atoms with Gasteiger partial charge in [-0.2, -0.15) is 0 Å². The summed E-state index contributed by atoms with van der Waals surface area (Å²) in [6.07, 6.45) is 21.8. The standard InChI is InChI=1S/C38H54O4/c1-24(2)42-32(41)38(23-40)20-36(21-38)18-25(19-36)27-11-15-35(6)30(33(27,3)4)13-16-34(5)28-12-17-37(22-39)14-7-8-29(37)26(28)9-10-31(34)35/h11,18,22-24,26,28-31H,7-10,12-17,19-21H2,1-6H3/t26?,28?,29-,30?,31?,34?,35?,36?,37?,38?/m1/s1. The topological polar surface area (TPSA) is 60.4 Å². The van der Waals surface area contributed by atoms with Crippen molar-refractivity contribution in [1.29, 1.82) is 0 Å². The van der Waals surface area contributed by atoms with Gasteiger partial charge < -0.3 is 14.3 Å². The first kappa shape index (κ1) is 29.0. The molecule has 0 aromatic carbocycles. The minimum Gasteiger partial charge on any atom is -0.462 e. The summed E-state index contributed by atoms with van der Waals surface area (Å²) in [5, 5.41) is 0. The fourth-order valence-corrected chi connectivity index (χ4v) is 13.6. The zero-order valence-electron chi connectivity index (χ0n) is 27.1. The molecule has 0 bridgehead atoms.